The molecule has 0 radical (unpaired) electrons. The van der Waals surface area contributed by atoms with E-state index in [1.54, 1.807) is 48.5 Å². The molecule has 48 heavy (non-hydrogen) atoms. The quantitative estimate of drug-likeness (QED) is 0.0678. The summed E-state index contributed by atoms with van der Waals surface area (Å²) in [6.07, 6.45) is 16.7. The summed E-state index contributed by atoms with van der Waals surface area (Å²) >= 11 is 0. The molecular weight excluding hydrogens is 592 g/mol. The normalized spacial score (nSPS) is 9.71. The maximum Gasteiger partial charge on any atom is 0.343 e. The van der Waals surface area contributed by atoms with E-state index in [4.69, 9.17) is 9.47 Å². The molecule has 0 aliphatic carbocycles. The van der Waals surface area contributed by atoms with Crippen LogP contribution in [0.2, 0.25) is 0 Å². The second-order valence-corrected chi connectivity index (χ2v) is 11.5. The average molecular weight is 639 g/mol. The Morgan fingerprint density at radius 3 is 1.19 bits per heavy atom. The molecule has 0 bridgehead atoms. The number of carbonyl (C=O) groups is 2. The summed E-state index contributed by atoms with van der Waals surface area (Å²) in [5.74, 6) is 23.6. The second kappa shape index (κ2) is 23.2. The topological polar surface area (TPSA) is 52.6 Å². The van der Waals surface area contributed by atoms with Crippen molar-refractivity contribution in [1.82, 2.24) is 0 Å². The SMILES string of the molecule is CCCCCCCCC#CC#Cc1ccc(OC(=O)c2ccc(C(=O)Oc3ccc(C#CC#CCCCCCCCC)cc3)cc2)cc1. The van der Waals surface area contributed by atoms with Crippen LogP contribution in [0.1, 0.15) is 136 Å². The molecule has 0 aliphatic heterocycles. The molecule has 0 aliphatic rings. The summed E-state index contributed by atoms with van der Waals surface area (Å²) < 4.78 is 11.0. The first-order chi connectivity index (χ1) is 23.6. The molecule has 0 amide bonds. The van der Waals surface area contributed by atoms with Crippen LogP contribution in [-0.2, 0) is 0 Å². The lowest BCUT2D eigenvalue weighted by molar-refractivity contribution is 0.0720. The fourth-order valence-corrected chi connectivity index (χ4v) is 4.69. The van der Waals surface area contributed by atoms with Gasteiger partial charge in [0.1, 0.15) is 11.5 Å². The van der Waals surface area contributed by atoms with Crippen LogP contribution in [0, 0.1) is 47.4 Å². The van der Waals surface area contributed by atoms with Gasteiger partial charge < -0.3 is 9.47 Å². The van der Waals surface area contributed by atoms with E-state index < -0.39 is 11.9 Å². The van der Waals surface area contributed by atoms with Gasteiger partial charge in [0, 0.05) is 24.0 Å². The van der Waals surface area contributed by atoms with Crippen molar-refractivity contribution < 1.29 is 19.1 Å². The Hall–Kier alpha value is -5.16. The molecule has 0 saturated heterocycles. The molecule has 4 heteroatoms. The van der Waals surface area contributed by atoms with Crippen LogP contribution in [-0.4, -0.2) is 11.9 Å². The summed E-state index contributed by atoms with van der Waals surface area (Å²) in [5.41, 5.74) is 2.21. The van der Waals surface area contributed by atoms with E-state index in [9.17, 15) is 9.59 Å². The van der Waals surface area contributed by atoms with Crippen LogP contribution < -0.4 is 9.47 Å². The Kier molecular flexibility index (Phi) is 18.0. The van der Waals surface area contributed by atoms with Crippen molar-refractivity contribution in [3.05, 3.63) is 95.1 Å². The highest BCUT2D eigenvalue weighted by Crippen LogP contribution is 2.17. The van der Waals surface area contributed by atoms with E-state index in [-0.39, 0.29) is 0 Å². The van der Waals surface area contributed by atoms with Crippen LogP contribution in [0.25, 0.3) is 0 Å². The number of hydrogen-bond donors (Lipinski definition) is 0. The smallest absolute Gasteiger partial charge is 0.343 e. The highest BCUT2D eigenvalue weighted by molar-refractivity contribution is 5.94. The third-order valence-electron chi connectivity index (χ3n) is 7.51. The number of esters is 2. The van der Waals surface area contributed by atoms with Crippen molar-refractivity contribution in [2.24, 2.45) is 0 Å². The monoisotopic (exact) mass is 638 g/mol. The van der Waals surface area contributed by atoms with Crippen LogP contribution in [0.15, 0.2) is 72.8 Å². The van der Waals surface area contributed by atoms with Crippen molar-refractivity contribution >= 4 is 11.9 Å². The number of hydrogen-bond acceptors (Lipinski definition) is 4. The van der Waals surface area contributed by atoms with Crippen molar-refractivity contribution in [3.8, 4) is 58.9 Å². The minimum atomic E-state index is -0.530. The van der Waals surface area contributed by atoms with Crippen molar-refractivity contribution in [3.63, 3.8) is 0 Å². The Bertz CT molecular complexity index is 1540. The minimum Gasteiger partial charge on any atom is -0.423 e. The number of rotatable bonds is 16. The van der Waals surface area contributed by atoms with E-state index in [2.05, 4.69) is 61.2 Å². The van der Waals surface area contributed by atoms with Gasteiger partial charge in [-0.25, -0.2) is 9.59 Å². The molecule has 3 aromatic rings. The summed E-state index contributed by atoms with van der Waals surface area (Å²) in [6, 6.07) is 20.1. The van der Waals surface area contributed by atoms with Gasteiger partial charge in [-0.2, -0.15) is 0 Å². The highest BCUT2D eigenvalue weighted by atomic mass is 16.5. The van der Waals surface area contributed by atoms with Crippen LogP contribution in [0.4, 0.5) is 0 Å². The van der Waals surface area contributed by atoms with Gasteiger partial charge in [0.2, 0.25) is 0 Å². The fraction of sp³-hybridized carbons (Fsp3) is 0.364. The average Bonchev–Trinajstić information content (AvgIpc) is 3.11. The second-order valence-electron chi connectivity index (χ2n) is 11.5. The fourth-order valence-electron chi connectivity index (χ4n) is 4.69. The summed E-state index contributed by atoms with van der Waals surface area (Å²) in [7, 11) is 0. The van der Waals surface area contributed by atoms with Gasteiger partial charge in [0.25, 0.3) is 0 Å². The molecule has 0 fully saturated rings. The largest absolute Gasteiger partial charge is 0.423 e. The van der Waals surface area contributed by atoms with Crippen LogP contribution in [0.5, 0.6) is 11.5 Å². The maximum absolute atomic E-state index is 12.7. The van der Waals surface area contributed by atoms with Crippen molar-refractivity contribution in [2.75, 3.05) is 0 Å². The Morgan fingerprint density at radius 2 is 0.812 bits per heavy atom. The van der Waals surface area contributed by atoms with E-state index in [1.807, 2.05) is 0 Å². The van der Waals surface area contributed by atoms with Crippen molar-refractivity contribution in [2.45, 2.75) is 104 Å². The van der Waals surface area contributed by atoms with E-state index in [0.29, 0.717) is 22.6 Å². The molecule has 0 aromatic heterocycles. The lowest BCUT2D eigenvalue weighted by Gasteiger charge is -2.06. The lowest BCUT2D eigenvalue weighted by Crippen LogP contribution is -2.11. The van der Waals surface area contributed by atoms with Gasteiger partial charge in [-0.3, -0.25) is 0 Å². The first-order valence-electron chi connectivity index (χ1n) is 17.3. The third-order valence-corrected chi connectivity index (χ3v) is 7.51. The summed E-state index contributed by atoms with van der Waals surface area (Å²) in [4.78, 5) is 25.3. The molecule has 0 N–H and O–H groups in total. The highest BCUT2D eigenvalue weighted by Gasteiger charge is 2.13. The van der Waals surface area contributed by atoms with Gasteiger partial charge in [-0.1, -0.05) is 102 Å². The Labute approximate surface area is 288 Å². The number of carbonyl (C=O) groups excluding carboxylic acids is 2. The summed E-state index contributed by atoms with van der Waals surface area (Å²) in [5, 5.41) is 0. The molecule has 0 saturated carbocycles. The molecule has 3 aromatic carbocycles. The number of benzene rings is 3. The van der Waals surface area contributed by atoms with Gasteiger partial charge >= 0.3 is 11.9 Å². The molecular formula is C44H46O4. The van der Waals surface area contributed by atoms with Gasteiger partial charge in [0.05, 0.1) is 11.1 Å². The number of unbranched alkanes of at least 4 members (excludes halogenated alkanes) is 12. The standard InChI is InChI=1S/C44H46O4/c1-3-5-7-9-11-13-15-17-19-21-23-37-25-33-41(34-26-37)47-43(45)39-29-31-40(32-30-39)44(46)48-42-35-27-38(28-36-42)24-22-20-18-16-14-12-10-8-6-4-2/h25-36H,3-16H2,1-2H3. The predicted molar refractivity (Wildman–Crippen MR) is 195 cm³/mol. The first-order valence-corrected chi connectivity index (χ1v) is 17.3. The molecule has 0 heterocycles. The van der Waals surface area contributed by atoms with E-state index in [1.165, 1.54) is 88.5 Å². The molecule has 3 rings (SSSR count). The zero-order valence-corrected chi connectivity index (χ0v) is 28.5. The van der Waals surface area contributed by atoms with Gasteiger partial charge in [-0.15, -0.1) is 0 Å². The number of ether oxygens (including phenoxy) is 2. The molecule has 0 unspecified atom stereocenters. The summed E-state index contributed by atoms with van der Waals surface area (Å²) in [6.45, 7) is 4.45. The predicted octanol–water partition coefficient (Wildman–Crippen LogP) is 10.3. The zero-order valence-electron chi connectivity index (χ0n) is 28.5. The Morgan fingerprint density at radius 1 is 0.458 bits per heavy atom. The van der Waals surface area contributed by atoms with Crippen LogP contribution >= 0.6 is 0 Å². The van der Waals surface area contributed by atoms with Crippen molar-refractivity contribution in [1.29, 1.82) is 0 Å². The first kappa shape index (κ1) is 37.3. The van der Waals surface area contributed by atoms with E-state index >= 15 is 0 Å². The maximum atomic E-state index is 12.7. The lowest BCUT2D eigenvalue weighted by atomic mass is 10.1. The molecule has 0 spiro atoms. The molecule has 4 nitrogen and oxygen atoms in total. The van der Waals surface area contributed by atoms with Crippen LogP contribution in [0.3, 0.4) is 0 Å². The minimum absolute atomic E-state index is 0.314. The van der Waals surface area contributed by atoms with E-state index in [0.717, 1.165) is 36.8 Å². The van der Waals surface area contributed by atoms with Gasteiger partial charge in [0.15, 0.2) is 0 Å². The van der Waals surface area contributed by atoms with Gasteiger partial charge in [-0.05, 0) is 109 Å². The zero-order chi connectivity index (χ0) is 34.1. The molecule has 246 valence electrons. The Balaban J connectivity index is 1.40. The molecule has 0 atom stereocenters. The third kappa shape index (κ3) is 15.4.